The highest BCUT2D eigenvalue weighted by Gasteiger charge is 2.58. The number of carbonyl (C=O) groups excluding carboxylic acids is 4. The number of rotatable bonds is 5. The van der Waals surface area contributed by atoms with Crippen molar-refractivity contribution in [3.63, 3.8) is 0 Å². The lowest BCUT2D eigenvalue weighted by atomic mass is 9.76. The number of hydrogen-bond acceptors (Lipinski definition) is 7. The molecule has 3 amide bonds. The number of nitrogens with one attached hydrogen (secondary N) is 2. The third-order valence-electron chi connectivity index (χ3n) is 7.18. The Labute approximate surface area is 210 Å². The number of hydrogen-bond donors (Lipinski definition) is 2. The summed E-state index contributed by atoms with van der Waals surface area (Å²) in [6, 6.07) is 5.61. The molecule has 2 N–H and O–H groups in total. The molecular formula is C25H24F2N6O4. The van der Waals surface area contributed by atoms with Gasteiger partial charge in [0, 0.05) is 12.7 Å². The lowest BCUT2D eigenvalue weighted by Crippen LogP contribution is -2.64. The van der Waals surface area contributed by atoms with Gasteiger partial charge in [0.1, 0.15) is 17.3 Å². The number of amides is 3. The lowest BCUT2D eigenvalue weighted by Gasteiger charge is -2.40. The number of halogens is 2. The molecule has 2 saturated heterocycles. The summed E-state index contributed by atoms with van der Waals surface area (Å²) in [7, 11) is 0. The van der Waals surface area contributed by atoms with Crippen LogP contribution in [0.5, 0.6) is 0 Å². The van der Waals surface area contributed by atoms with Gasteiger partial charge in [0.25, 0.3) is 23.5 Å². The van der Waals surface area contributed by atoms with Gasteiger partial charge >= 0.3 is 0 Å². The number of amidine groups is 1. The summed E-state index contributed by atoms with van der Waals surface area (Å²) in [4.78, 5) is 57.3. The highest BCUT2D eigenvalue weighted by Crippen LogP contribution is 2.44. The van der Waals surface area contributed by atoms with Crippen LogP contribution in [0.2, 0.25) is 0 Å². The number of aryl methyl sites for hydroxylation is 1. The minimum atomic E-state index is -1.75. The van der Waals surface area contributed by atoms with Crippen LogP contribution in [-0.2, 0) is 20.9 Å². The van der Waals surface area contributed by atoms with E-state index in [0.29, 0.717) is 11.1 Å². The van der Waals surface area contributed by atoms with Gasteiger partial charge in [-0.25, -0.2) is 13.8 Å². The second kappa shape index (κ2) is 9.09. The van der Waals surface area contributed by atoms with E-state index in [1.165, 1.54) is 30.5 Å². The largest absolute Gasteiger partial charge is 0.350 e. The van der Waals surface area contributed by atoms with Gasteiger partial charge < -0.3 is 10.6 Å². The topological polar surface area (TPSA) is 134 Å². The van der Waals surface area contributed by atoms with Crippen molar-refractivity contribution in [3.05, 3.63) is 59.2 Å². The summed E-state index contributed by atoms with van der Waals surface area (Å²) in [5.74, 6) is -3.96. The van der Waals surface area contributed by atoms with E-state index in [-0.39, 0.29) is 50.3 Å². The molecule has 1 saturated carbocycles. The van der Waals surface area contributed by atoms with Crippen molar-refractivity contribution >= 4 is 29.3 Å². The van der Waals surface area contributed by atoms with E-state index in [1.807, 2.05) is 0 Å². The molecule has 12 heteroatoms. The molecule has 3 aliphatic heterocycles. The molecule has 2 bridgehead atoms. The fourth-order valence-corrected chi connectivity index (χ4v) is 5.08. The molecule has 37 heavy (non-hydrogen) atoms. The Bertz CT molecular complexity index is 1320. The molecule has 1 aromatic heterocycles. The summed E-state index contributed by atoms with van der Waals surface area (Å²) in [6.45, 7) is 1.18. The zero-order valence-corrected chi connectivity index (χ0v) is 20.0. The average molecular weight is 511 g/mol. The Kier molecular flexibility index (Phi) is 6.04. The second-order valence-corrected chi connectivity index (χ2v) is 9.71. The number of Topliss-reactive ketones (excluding diaryl/α,β-unsaturated/α-hetero) is 1. The SMILES string of the molecule is Cc1cc(CNC(=O)C2N=C3N(CC4(F)CCC3(NC(=O)c3cccnn3)CC4)C(=O)C2=O)ccc1F. The van der Waals surface area contributed by atoms with Gasteiger partial charge in [0.05, 0.1) is 12.1 Å². The van der Waals surface area contributed by atoms with Crippen LogP contribution in [0.15, 0.2) is 41.5 Å². The Morgan fingerprint density at radius 1 is 1.16 bits per heavy atom. The van der Waals surface area contributed by atoms with Crippen LogP contribution in [0.3, 0.4) is 0 Å². The van der Waals surface area contributed by atoms with E-state index in [9.17, 15) is 23.6 Å². The fraction of sp³-hybridized carbons (Fsp3) is 0.400. The van der Waals surface area contributed by atoms with Gasteiger partial charge in [-0.3, -0.25) is 24.1 Å². The summed E-state index contributed by atoms with van der Waals surface area (Å²) < 4.78 is 29.1. The number of fused-ring (bicyclic) bond motifs is 2. The number of alkyl halides is 1. The molecule has 1 atom stereocenters. The first kappa shape index (κ1) is 24.6. The standard InChI is InChI=1S/C25H24F2N6O4/c1-14-11-15(4-5-16(14)26)12-28-21(36)18-19(34)22(37)33-13-24(27)6-8-25(9-7-24,23(33)30-18)31-20(35)17-3-2-10-29-32-17/h2-5,10-11,18H,6-9,12-13H2,1H3,(H,28,36)(H,31,35). The summed E-state index contributed by atoms with van der Waals surface area (Å²) in [6.07, 6.45) is 1.72. The normalized spacial score (nSPS) is 26.7. The van der Waals surface area contributed by atoms with Gasteiger partial charge in [-0.1, -0.05) is 12.1 Å². The van der Waals surface area contributed by atoms with Crippen molar-refractivity contribution in [2.75, 3.05) is 6.54 Å². The highest BCUT2D eigenvalue weighted by atomic mass is 19.1. The molecule has 10 nitrogen and oxygen atoms in total. The van der Waals surface area contributed by atoms with Gasteiger partial charge in [-0.05, 0) is 61.9 Å². The first-order valence-electron chi connectivity index (χ1n) is 11.9. The van der Waals surface area contributed by atoms with Crippen LogP contribution in [-0.4, -0.2) is 68.2 Å². The Morgan fingerprint density at radius 2 is 1.92 bits per heavy atom. The molecule has 1 aromatic carbocycles. The van der Waals surface area contributed by atoms with Crippen molar-refractivity contribution in [2.45, 2.75) is 56.4 Å². The maximum atomic E-state index is 15.5. The summed E-state index contributed by atoms with van der Waals surface area (Å²) in [5.41, 5.74) is -2.02. The molecule has 6 rings (SSSR count). The molecule has 2 aromatic rings. The smallest absolute Gasteiger partial charge is 0.298 e. The van der Waals surface area contributed by atoms with Gasteiger partial charge in [0.15, 0.2) is 11.7 Å². The van der Waals surface area contributed by atoms with Crippen LogP contribution in [0.25, 0.3) is 0 Å². The Balaban J connectivity index is 1.46. The maximum Gasteiger partial charge on any atom is 0.298 e. The Hall–Kier alpha value is -4.09. The van der Waals surface area contributed by atoms with Crippen molar-refractivity contribution in [1.82, 2.24) is 25.7 Å². The quantitative estimate of drug-likeness (QED) is 0.459. The second-order valence-electron chi connectivity index (χ2n) is 9.71. The van der Waals surface area contributed by atoms with Crippen molar-refractivity contribution in [1.29, 1.82) is 0 Å². The number of carbonyl (C=O) groups is 4. The van der Waals surface area contributed by atoms with E-state index in [1.54, 1.807) is 13.0 Å². The van der Waals surface area contributed by atoms with Crippen molar-refractivity contribution < 1.29 is 28.0 Å². The van der Waals surface area contributed by atoms with Crippen LogP contribution in [0.1, 0.15) is 47.3 Å². The van der Waals surface area contributed by atoms with E-state index in [2.05, 4.69) is 25.8 Å². The highest BCUT2D eigenvalue weighted by molar-refractivity contribution is 6.46. The monoisotopic (exact) mass is 510 g/mol. The molecule has 0 radical (unpaired) electrons. The number of nitrogens with zero attached hydrogens (tertiary/aromatic N) is 4. The molecule has 1 unspecified atom stereocenters. The van der Waals surface area contributed by atoms with Crippen LogP contribution >= 0.6 is 0 Å². The van der Waals surface area contributed by atoms with E-state index in [4.69, 9.17) is 0 Å². The van der Waals surface area contributed by atoms with Crippen LogP contribution in [0, 0.1) is 12.7 Å². The molecule has 1 aliphatic carbocycles. The summed E-state index contributed by atoms with van der Waals surface area (Å²) >= 11 is 0. The zero-order chi connectivity index (χ0) is 26.4. The lowest BCUT2D eigenvalue weighted by molar-refractivity contribution is -0.146. The Morgan fingerprint density at radius 3 is 2.59 bits per heavy atom. The molecule has 4 heterocycles. The third-order valence-corrected chi connectivity index (χ3v) is 7.18. The molecule has 4 aliphatic rings. The molecule has 192 valence electrons. The average Bonchev–Trinajstić information content (AvgIpc) is 3.09. The minimum absolute atomic E-state index is 0.0101. The zero-order valence-electron chi connectivity index (χ0n) is 20.0. The van der Waals surface area contributed by atoms with Crippen molar-refractivity contribution in [3.8, 4) is 0 Å². The van der Waals surface area contributed by atoms with Crippen LogP contribution in [0.4, 0.5) is 8.78 Å². The molecular weight excluding hydrogens is 486 g/mol. The van der Waals surface area contributed by atoms with E-state index < -0.39 is 46.6 Å². The minimum Gasteiger partial charge on any atom is -0.350 e. The van der Waals surface area contributed by atoms with Gasteiger partial charge in [-0.15, -0.1) is 5.10 Å². The van der Waals surface area contributed by atoms with Crippen molar-refractivity contribution in [2.24, 2.45) is 4.99 Å². The number of ketones is 1. The van der Waals surface area contributed by atoms with Gasteiger partial charge in [0.2, 0.25) is 0 Å². The van der Waals surface area contributed by atoms with Crippen LogP contribution < -0.4 is 10.6 Å². The third kappa shape index (κ3) is 4.47. The number of benzene rings is 1. The predicted molar refractivity (Wildman–Crippen MR) is 125 cm³/mol. The van der Waals surface area contributed by atoms with E-state index in [0.717, 1.165) is 4.90 Å². The fourth-order valence-electron chi connectivity index (χ4n) is 5.08. The molecule has 0 spiro atoms. The number of aromatic nitrogens is 2. The number of aliphatic imine (C=N–C) groups is 1. The summed E-state index contributed by atoms with van der Waals surface area (Å²) in [5, 5.41) is 12.9. The first-order valence-corrected chi connectivity index (χ1v) is 11.9. The first-order chi connectivity index (χ1) is 17.6. The predicted octanol–water partition coefficient (Wildman–Crippen LogP) is 1.18. The maximum absolute atomic E-state index is 15.5. The van der Waals surface area contributed by atoms with E-state index >= 15 is 4.39 Å². The molecule has 3 fully saturated rings. The van der Waals surface area contributed by atoms with Gasteiger partial charge in [-0.2, -0.15) is 5.10 Å².